The zero-order valence-corrected chi connectivity index (χ0v) is 9.79. The number of nitrogens with zero attached hydrogens (tertiary/aromatic N) is 1. The Morgan fingerprint density at radius 2 is 1.89 bits per heavy atom. The van der Waals surface area contributed by atoms with Crippen molar-refractivity contribution in [3.05, 3.63) is 48.2 Å². The molecule has 0 saturated carbocycles. The van der Waals surface area contributed by atoms with E-state index in [4.69, 9.17) is 0 Å². The van der Waals surface area contributed by atoms with Crippen LogP contribution in [-0.2, 0) is 6.18 Å². The van der Waals surface area contributed by atoms with E-state index in [2.05, 4.69) is 4.98 Å². The molecule has 6 heteroatoms. The summed E-state index contributed by atoms with van der Waals surface area (Å²) >= 11 is 0.864. The number of phenolic OH excluding ortho intramolecular Hbond substituents is 1. The molecular formula is C12H8F3NOS. The summed E-state index contributed by atoms with van der Waals surface area (Å²) in [7, 11) is 0. The summed E-state index contributed by atoms with van der Waals surface area (Å²) in [5.74, 6) is 0.00416. The lowest BCUT2D eigenvalue weighted by atomic mass is 10.3. The third-order valence-electron chi connectivity index (χ3n) is 2.11. The van der Waals surface area contributed by atoms with Gasteiger partial charge in [-0.3, -0.25) is 0 Å². The number of rotatable bonds is 2. The minimum absolute atomic E-state index is 0.00416. The first-order chi connectivity index (χ1) is 8.47. The van der Waals surface area contributed by atoms with E-state index < -0.39 is 11.7 Å². The van der Waals surface area contributed by atoms with E-state index in [-0.39, 0.29) is 10.8 Å². The van der Waals surface area contributed by atoms with Gasteiger partial charge in [0.25, 0.3) is 0 Å². The van der Waals surface area contributed by atoms with Crippen molar-refractivity contribution in [2.24, 2.45) is 0 Å². The number of aromatic hydroxyl groups is 1. The van der Waals surface area contributed by atoms with Gasteiger partial charge in [-0.1, -0.05) is 17.8 Å². The van der Waals surface area contributed by atoms with E-state index in [1.807, 2.05) is 0 Å². The molecule has 18 heavy (non-hydrogen) atoms. The van der Waals surface area contributed by atoms with Crippen molar-refractivity contribution >= 4 is 11.8 Å². The van der Waals surface area contributed by atoms with Crippen LogP contribution in [0.1, 0.15) is 5.56 Å². The fourth-order valence-corrected chi connectivity index (χ4v) is 2.30. The van der Waals surface area contributed by atoms with Gasteiger partial charge in [0.15, 0.2) is 0 Å². The first kappa shape index (κ1) is 12.8. The molecule has 2 rings (SSSR count). The van der Waals surface area contributed by atoms with E-state index in [0.717, 1.165) is 17.8 Å². The molecular weight excluding hydrogens is 263 g/mol. The van der Waals surface area contributed by atoms with Gasteiger partial charge in [-0.2, -0.15) is 13.2 Å². The highest BCUT2D eigenvalue weighted by molar-refractivity contribution is 7.99. The van der Waals surface area contributed by atoms with Crippen LogP contribution in [0.15, 0.2) is 52.5 Å². The Hall–Kier alpha value is -1.69. The highest BCUT2D eigenvalue weighted by Gasteiger charge is 2.34. The van der Waals surface area contributed by atoms with Crippen LogP contribution < -0.4 is 0 Å². The molecule has 0 bridgehead atoms. The number of aromatic nitrogens is 1. The van der Waals surface area contributed by atoms with Crippen molar-refractivity contribution in [1.29, 1.82) is 0 Å². The number of alkyl halides is 3. The minimum atomic E-state index is -4.44. The maximum atomic E-state index is 12.7. The van der Waals surface area contributed by atoms with Gasteiger partial charge in [-0.05, 0) is 30.3 Å². The van der Waals surface area contributed by atoms with Crippen LogP contribution in [0.2, 0.25) is 0 Å². The molecule has 94 valence electrons. The third-order valence-corrected chi connectivity index (χ3v) is 3.12. The molecule has 0 saturated heterocycles. The molecule has 0 radical (unpaired) electrons. The normalized spacial score (nSPS) is 11.5. The molecule has 0 amide bonds. The Bertz CT molecular complexity index is 557. The number of pyridine rings is 1. The van der Waals surface area contributed by atoms with E-state index in [1.54, 1.807) is 12.1 Å². The Morgan fingerprint density at radius 3 is 2.56 bits per heavy atom. The first-order valence-electron chi connectivity index (χ1n) is 4.96. The fraction of sp³-hybridized carbons (Fsp3) is 0.0833. The second-order valence-corrected chi connectivity index (χ2v) is 4.52. The average molecular weight is 271 g/mol. The zero-order valence-electron chi connectivity index (χ0n) is 8.98. The van der Waals surface area contributed by atoms with Crippen molar-refractivity contribution in [3.63, 3.8) is 0 Å². The summed E-state index contributed by atoms with van der Waals surface area (Å²) in [6, 6.07) is 8.24. The third kappa shape index (κ3) is 2.95. The quantitative estimate of drug-likeness (QED) is 0.897. The zero-order chi connectivity index (χ0) is 13.2. The Labute approximate surface area is 105 Å². The fourth-order valence-electron chi connectivity index (χ4n) is 1.35. The van der Waals surface area contributed by atoms with Crippen LogP contribution in [0.4, 0.5) is 13.2 Å². The van der Waals surface area contributed by atoms with Gasteiger partial charge < -0.3 is 5.11 Å². The van der Waals surface area contributed by atoms with Crippen molar-refractivity contribution < 1.29 is 18.3 Å². The van der Waals surface area contributed by atoms with Crippen LogP contribution in [0.5, 0.6) is 5.75 Å². The highest BCUT2D eigenvalue weighted by atomic mass is 32.2. The van der Waals surface area contributed by atoms with Gasteiger partial charge in [0.2, 0.25) is 0 Å². The van der Waals surface area contributed by atoms with Crippen molar-refractivity contribution in [1.82, 2.24) is 4.98 Å². The predicted molar refractivity (Wildman–Crippen MR) is 61.5 cm³/mol. The molecule has 0 unspecified atom stereocenters. The molecule has 2 aromatic rings. The maximum Gasteiger partial charge on any atom is 0.419 e. The first-order valence-corrected chi connectivity index (χ1v) is 5.77. The standard InChI is InChI=1S/C12H8F3NOS/c13-12(14,15)10-5-2-6-16-11(10)18-9-4-1-3-8(17)7-9/h1-7,17H. The number of hydrogen-bond acceptors (Lipinski definition) is 3. The van der Waals surface area contributed by atoms with Crippen molar-refractivity contribution in [2.45, 2.75) is 16.1 Å². The maximum absolute atomic E-state index is 12.7. The lowest BCUT2D eigenvalue weighted by Crippen LogP contribution is -2.07. The summed E-state index contributed by atoms with van der Waals surface area (Å²) in [5.41, 5.74) is -0.779. The smallest absolute Gasteiger partial charge is 0.419 e. The molecule has 1 heterocycles. The minimum Gasteiger partial charge on any atom is -0.508 e. The summed E-state index contributed by atoms with van der Waals surface area (Å²) in [6.45, 7) is 0. The average Bonchev–Trinajstić information content (AvgIpc) is 2.28. The Kier molecular flexibility index (Phi) is 3.47. The predicted octanol–water partition coefficient (Wildman–Crippen LogP) is 3.96. The van der Waals surface area contributed by atoms with E-state index in [0.29, 0.717) is 4.90 Å². The molecule has 0 aliphatic heterocycles. The summed E-state index contributed by atoms with van der Waals surface area (Å²) < 4.78 is 38.2. The molecule has 1 N–H and O–H groups in total. The molecule has 0 fully saturated rings. The second-order valence-electron chi connectivity index (χ2n) is 3.45. The van der Waals surface area contributed by atoms with E-state index in [1.165, 1.54) is 24.4 Å². The number of halogens is 3. The SMILES string of the molecule is Oc1cccc(Sc2ncccc2C(F)(F)F)c1. The second kappa shape index (κ2) is 4.89. The van der Waals surface area contributed by atoms with Crippen molar-refractivity contribution in [3.8, 4) is 5.75 Å². The number of hydrogen-bond donors (Lipinski definition) is 1. The largest absolute Gasteiger partial charge is 0.508 e. The molecule has 1 aromatic heterocycles. The van der Waals surface area contributed by atoms with Crippen LogP contribution in [0, 0.1) is 0 Å². The van der Waals surface area contributed by atoms with Gasteiger partial charge in [0.05, 0.1) is 5.56 Å². The lowest BCUT2D eigenvalue weighted by Gasteiger charge is -2.10. The van der Waals surface area contributed by atoms with Gasteiger partial charge >= 0.3 is 6.18 Å². The lowest BCUT2D eigenvalue weighted by molar-refractivity contribution is -0.140. The number of benzene rings is 1. The summed E-state index contributed by atoms with van der Waals surface area (Å²) in [4.78, 5) is 4.23. The molecule has 2 nitrogen and oxygen atoms in total. The van der Waals surface area contributed by atoms with Gasteiger partial charge in [0.1, 0.15) is 10.8 Å². The van der Waals surface area contributed by atoms with Crippen molar-refractivity contribution in [2.75, 3.05) is 0 Å². The Balaban J connectivity index is 2.35. The van der Waals surface area contributed by atoms with Crippen LogP contribution in [0.25, 0.3) is 0 Å². The number of phenols is 1. The van der Waals surface area contributed by atoms with E-state index in [9.17, 15) is 18.3 Å². The highest BCUT2D eigenvalue weighted by Crippen LogP contribution is 2.38. The van der Waals surface area contributed by atoms with Crippen LogP contribution in [0.3, 0.4) is 0 Å². The van der Waals surface area contributed by atoms with Crippen LogP contribution in [-0.4, -0.2) is 10.1 Å². The molecule has 0 aliphatic carbocycles. The van der Waals surface area contributed by atoms with Gasteiger partial charge in [-0.25, -0.2) is 4.98 Å². The van der Waals surface area contributed by atoms with Gasteiger partial charge in [0, 0.05) is 11.1 Å². The monoisotopic (exact) mass is 271 g/mol. The Morgan fingerprint density at radius 1 is 1.11 bits per heavy atom. The van der Waals surface area contributed by atoms with Gasteiger partial charge in [-0.15, -0.1) is 0 Å². The topological polar surface area (TPSA) is 33.1 Å². The molecule has 1 aromatic carbocycles. The summed E-state index contributed by atoms with van der Waals surface area (Å²) in [5, 5.41) is 9.14. The molecule has 0 spiro atoms. The molecule has 0 aliphatic rings. The van der Waals surface area contributed by atoms with Crippen LogP contribution >= 0.6 is 11.8 Å². The molecule has 0 atom stereocenters. The summed E-state index contributed by atoms with van der Waals surface area (Å²) in [6.07, 6.45) is -3.13. The van der Waals surface area contributed by atoms with E-state index >= 15 is 0 Å².